The van der Waals surface area contributed by atoms with E-state index < -0.39 is 5.97 Å². The van der Waals surface area contributed by atoms with E-state index in [2.05, 4.69) is 12.2 Å². The Morgan fingerprint density at radius 1 is 0.560 bits per heavy atom. The normalized spacial score (nSPS) is 11.5. The zero-order chi connectivity index (χ0) is 17.9. The molecule has 0 saturated carbocycles. The van der Waals surface area contributed by atoms with Crippen LogP contribution in [0.4, 0.5) is 0 Å². The minimum atomic E-state index is -2.57. The average Bonchev–Trinajstić information content (AvgIpc) is 2.52. The maximum absolute atomic E-state index is 8.70. The third-order valence-electron chi connectivity index (χ3n) is 4.57. The van der Waals surface area contributed by atoms with Crippen molar-refractivity contribution in [3.63, 3.8) is 0 Å². The average molecular weight is 364 g/mol. The van der Waals surface area contributed by atoms with Crippen LogP contribution in [-0.4, -0.2) is 39.9 Å². The highest BCUT2D eigenvalue weighted by atomic mass is 16.7. The Bertz CT molecular complexity index is 244. The highest BCUT2D eigenvalue weighted by molar-refractivity contribution is 4.54. The van der Waals surface area contributed by atoms with Gasteiger partial charge in [-0.1, -0.05) is 103 Å². The molecule has 0 amide bonds. The van der Waals surface area contributed by atoms with E-state index in [1.807, 2.05) is 0 Å². The molecule has 0 bridgehead atoms. The molecule has 0 fully saturated rings. The van der Waals surface area contributed by atoms with Crippen LogP contribution in [0.25, 0.3) is 0 Å². The van der Waals surface area contributed by atoms with Crippen molar-refractivity contribution >= 4 is 0 Å². The largest absolute Gasteiger partial charge is 0.412 e. The zero-order valence-corrected chi connectivity index (χ0v) is 16.6. The minimum Gasteiger partial charge on any atom is -0.412 e. The smallest absolute Gasteiger partial charge is 0.288 e. The van der Waals surface area contributed by atoms with Crippen molar-refractivity contribution in [3.05, 3.63) is 0 Å². The third-order valence-corrected chi connectivity index (χ3v) is 4.57. The molecule has 0 unspecified atom stereocenters. The Labute approximate surface area is 155 Å². The van der Waals surface area contributed by atoms with Crippen molar-refractivity contribution in [1.29, 1.82) is 0 Å². The molecule has 0 aromatic heterocycles. The van der Waals surface area contributed by atoms with Gasteiger partial charge in [-0.15, -0.1) is 0 Å². The van der Waals surface area contributed by atoms with Crippen LogP contribution in [0.1, 0.15) is 110 Å². The van der Waals surface area contributed by atoms with Gasteiger partial charge in [-0.2, -0.15) is 0 Å². The fourth-order valence-electron chi connectivity index (χ4n) is 3.05. The van der Waals surface area contributed by atoms with Gasteiger partial charge in [0.2, 0.25) is 0 Å². The molecule has 0 aliphatic carbocycles. The lowest BCUT2D eigenvalue weighted by Crippen LogP contribution is -2.40. The molecule has 0 saturated heterocycles. The predicted molar refractivity (Wildman–Crippen MR) is 105 cm³/mol. The van der Waals surface area contributed by atoms with Gasteiger partial charge in [-0.3, -0.25) is 0 Å². The first-order valence-electron chi connectivity index (χ1n) is 10.4. The van der Waals surface area contributed by atoms with E-state index in [1.165, 1.54) is 96.3 Å². The summed E-state index contributed by atoms with van der Waals surface area (Å²) in [5.74, 6) is -2.57. The van der Waals surface area contributed by atoms with Gasteiger partial charge in [0.15, 0.2) is 0 Å². The van der Waals surface area contributed by atoms with Crippen molar-refractivity contribution < 1.29 is 20.8 Å². The van der Waals surface area contributed by atoms with Gasteiger partial charge in [0.25, 0.3) is 5.97 Å². The Morgan fingerprint density at radius 2 is 0.880 bits per heavy atom. The lowest BCUT2D eigenvalue weighted by atomic mass is 10.0. The molecule has 5 nitrogen and oxygen atoms in total. The van der Waals surface area contributed by atoms with Crippen LogP contribution in [0.2, 0.25) is 0 Å². The maximum atomic E-state index is 8.70. The van der Waals surface area contributed by atoms with Crippen LogP contribution in [0.15, 0.2) is 0 Å². The molecule has 0 aliphatic rings. The van der Waals surface area contributed by atoms with Crippen LogP contribution >= 0.6 is 0 Å². The van der Waals surface area contributed by atoms with Gasteiger partial charge in [0.05, 0.1) is 6.54 Å². The minimum absolute atomic E-state index is 0. The molecule has 0 heterocycles. The van der Waals surface area contributed by atoms with Crippen LogP contribution in [-0.2, 0) is 0 Å². The van der Waals surface area contributed by atoms with Crippen molar-refractivity contribution in [2.24, 2.45) is 0 Å². The first-order chi connectivity index (χ1) is 11.6. The second-order valence-electron chi connectivity index (χ2n) is 7.25. The van der Waals surface area contributed by atoms with Crippen LogP contribution < -0.4 is 5.32 Å². The number of hydrogen-bond donors (Lipinski definition) is 4. The first kappa shape index (κ1) is 27.0. The number of hydrogen-bond acceptors (Lipinski definition) is 4. The summed E-state index contributed by atoms with van der Waals surface area (Å²) in [5, 5.41) is 28.9. The fraction of sp³-hybridized carbons (Fsp3) is 1.00. The molecule has 0 rings (SSSR count). The van der Waals surface area contributed by atoms with Crippen molar-refractivity contribution in [1.82, 2.24) is 5.32 Å². The highest BCUT2D eigenvalue weighted by Gasteiger charge is 2.16. The Morgan fingerprint density at radius 3 is 1.20 bits per heavy atom. The molecule has 5 heteroatoms. The van der Waals surface area contributed by atoms with Gasteiger partial charge in [-0.05, 0) is 13.0 Å². The van der Waals surface area contributed by atoms with Crippen LogP contribution in [0.3, 0.4) is 0 Å². The molecule has 6 N–H and O–H groups in total. The second-order valence-corrected chi connectivity index (χ2v) is 7.25. The van der Waals surface area contributed by atoms with Crippen LogP contribution in [0.5, 0.6) is 0 Å². The summed E-state index contributed by atoms with van der Waals surface area (Å²) in [7, 11) is 0. The maximum Gasteiger partial charge on any atom is 0.288 e. The summed E-state index contributed by atoms with van der Waals surface area (Å²) < 4.78 is 0. The monoisotopic (exact) mass is 363 g/mol. The Kier molecular flexibility index (Phi) is 21.7. The summed E-state index contributed by atoms with van der Waals surface area (Å²) in [6.07, 6.45) is 21.6. The molecule has 0 aliphatic heterocycles. The molecule has 0 atom stereocenters. The number of nitrogens with one attached hydrogen (secondary N) is 1. The van der Waals surface area contributed by atoms with E-state index in [0.717, 1.165) is 13.0 Å². The summed E-state index contributed by atoms with van der Waals surface area (Å²) >= 11 is 0. The fourth-order valence-corrected chi connectivity index (χ4v) is 3.05. The van der Waals surface area contributed by atoms with Crippen molar-refractivity contribution in [2.75, 3.05) is 13.1 Å². The lowest BCUT2D eigenvalue weighted by molar-refractivity contribution is -0.306. The molecule has 0 radical (unpaired) electrons. The quantitative estimate of drug-likeness (QED) is 0.208. The van der Waals surface area contributed by atoms with E-state index in [0.29, 0.717) is 0 Å². The van der Waals surface area contributed by atoms with Crippen LogP contribution in [0, 0.1) is 0 Å². The standard InChI is InChI=1S/C20H43NO3.H2O/c1-2-3-4-5-6-7-8-9-10-11-12-13-14-15-16-17-18-21-19-20(22,23)24;/h21-24H,2-19H2,1H3;1H2. The van der Waals surface area contributed by atoms with E-state index >= 15 is 0 Å². The van der Waals surface area contributed by atoms with E-state index in [-0.39, 0.29) is 12.0 Å². The first-order valence-corrected chi connectivity index (χ1v) is 10.4. The van der Waals surface area contributed by atoms with Gasteiger partial charge in [0.1, 0.15) is 0 Å². The Hall–Kier alpha value is -0.200. The van der Waals surface area contributed by atoms with E-state index in [9.17, 15) is 0 Å². The number of rotatable bonds is 19. The molecule has 0 aromatic carbocycles. The van der Waals surface area contributed by atoms with Crippen molar-refractivity contribution in [2.45, 2.75) is 116 Å². The molecule has 0 aromatic rings. The van der Waals surface area contributed by atoms with Gasteiger partial charge < -0.3 is 26.1 Å². The molecule has 25 heavy (non-hydrogen) atoms. The zero-order valence-electron chi connectivity index (χ0n) is 16.6. The van der Waals surface area contributed by atoms with Crippen molar-refractivity contribution in [3.8, 4) is 0 Å². The topological polar surface area (TPSA) is 104 Å². The molecule has 154 valence electrons. The lowest BCUT2D eigenvalue weighted by Gasteiger charge is -2.14. The molecular weight excluding hydrogens is 318 g/mol. The molecular formula is C20H45NO4. The van der Waals surface area contributed by atoms with Gasteiger partial charge >= 0.3 is 0 Å². The molecule has 0 spiro atoms. The second kappa shape index (κ2) is 20.1. The van der Waals surface area contributed by atoms with Gasteiger partial charge in [0, 0.05) is 0 Å². The van der Waals surface area contributed by atoms with E-state index in [4.69, 9.17) is 15.3 Å². The highest BCUT2D eigenvalue weighted by Crippen LogP contribution is 2.13. The van der Waals surface area contributed by atoms with E-state index in [1.54, 1.807) is 0 Å². The summed E-state index contributed by atoms with van der Waals surface area (Å²) in [6, 6.07) is 0. The number of unbranched alkanes of at least 4 members (excludes halogenated alkanes) is 15. The predicted octanol–water partition coefficient (Wildman–Crippen LogP) is 3.64. The Balaban J connectivity index is 0. The summed E-state index contributed by atoms with van der Waals surface area (Å²) in [6.45, 7) is 2.81. The number of aliphatic hydroxyl groups is 3. The summed E-state index contributed by atoms with van der Waals surface area (Å²) in [4.78, 5) is 0. The third kappa shape index (κ3) is 26.1. The summed E-state index contributed by atoms with van der Waals surface area (Å²) in [5.41, 5.74) is 0. The van der Waals surface area contributed by atoms with Gasteiger partial charge in [-0.25, -0.2) is 0 Å². The SMILES string of the molecule is CCCCCCCCCCCCCCCCCCNCC(O)(O)O.O.